The summed E-state index contributed by atoms with van der Waals surface area (Å²) in [6.45, 7) is 5.62. The third-order valence-corrected chi connectivity index (χ3v) is 6.38. The molecule has 6 heteroatoms. The number of nitrogens with two attached hydrogens (primary N) is 1. The number of carbonyl (C=O) groups is 2. The lowest BCUT2D eigenvalue weighted by Crippen LogP contribution is -2.55. The molecule has 1 atom stereocenters. The van der Waals surface area contributed by atoms with Crippen molar-refractivity contribution in [1.82, 2.24) is 16.0 Å². The van der Waals surface area contributed by atoms with Gasteiger partial charge in [0.25, 0.3) is 5.91 Å². The van der Waals surface area contributed by atoms with E-state index >= 15 is 0 Å². The number of fused-ring (bicyclic) bond motifs is 1. The Hall–Kier alpha value is -3.12. The van der Waals surface area contributed by atoms with Crippen LogP contribution in [0.3, 0.4) is 0 Å². The van der Waals surface area contributed by atoms with Crippen molar-refractivity contribution in [3.05, 3.63) is 71.8 Å². The lowest BCUT2D eigenvalue weighted by molar-refractivity contribution is -0.129. The van der Waals surface area contributed by atoms with E-state index in [4.69, 9.17) is 5.73 Å². The summed E-state index contributed by atoms with van der Waals surface area (Å²) in [5.41, 5.74) is 9.94. The standard InChI is InChI=1S/C25H30N4O2/c1-16(21-8-4-5-9-22(21)26)24(30)29-23(17-10-12-27-13-11-17)25(31)28-20-14-18-6-2-3-7-19(18)15-20/h2-9,17,20,23,27H,1,10-15,26H2,(H,28,31)(H,29,30). The zero-order valence-electron chi connectivity index (χ0n) is 17.7. The summed E-state index contributed by atoms with van der Waals surface area (Å²) in [4.78, 5) is 26.3. The molecule has 0 spiro atoms. The minimum absolute atomic E-state index is 0.0546. The third kappa shape index (κ3) is 4.80. The lowest BCUT2D eigenvalue weighted by atomic mass is 9.89. The highest BCUT2D eigenvalue weighted by atomic mass is 16.2. The molecule has 2 aromatic carbocycles. The van der Waals surface area contributed by atoms with Crippen LogP contribution >= 0.6 is 0 Å². The number of benzene rings is 2. The van der Waals surface area contributed by atoms with Gasteiger partial charge in [0.1, 0.15) is 6.04 Å². The van der Waals surface area contributed by atoms with Crippen LogP contribution in [0.5, 0.6) is 0 Å². The molecule has 1 heterocycles. The molecule has 4 rings (SSSR count). The van der Waals surface area contributed by atoms with E-state index in [9.17, 15) is 9.59 Å². The van der Waals surface area contributed by atoms with Gasteiger partial charge in [-0.3, -0.25) is 9.59 Å². The maximum absolute atomic E-state index is 13.3. The molecule has 162 valence electrons. The molecule has 31 heavy (non-hydrogen) atoms. The van der Waals surface area contributed by atoms with Crippen LogP contribution in [0.4, 0.5) is 5.69 Å². The minimum Gasteiger partial charge on any atom is -0.398 e. The number of piperidine rings is 1. The fraction of sp³-hybridized carbons (Fsp3) is 0.360. The van der Waals surface area contributed by atoms with Crippen LogP contribution in [0, 0.1) is 5.92 Å². The van der Waals surface area contributed by atoms with Gasteiger partial charge in [-0.2, -0.15) is 0 Å². The highest BCUT2D eigenvalue weighted by Gasteiger charge is 2.33. The first-order valence-corrected chi connectivity index (χ1v) is 11.0. The first kappa shape index (κ1) is 21.1. The van der Waals surface area contributed by atoms with Crippen molar-refractivity contribution in [3.63, 3.8) is 0 Å². The van der Waals surface area contributed by atoms with Gasteiger partial charge in [-0.05, 0) is 61.9 Å². The van der Waals surface area contributed by atoms with Gasteiger partial charge in [0.05, 0.1) is 0 Å². The van der Waals surface area contributed by atoms with Gasteiger partial charge in [0, 0.05) is 22.9 Å². The average Bonchev–Trinajstić information content (AvgIpc) is 3.20. The molecule has 2 aliphatic rings. The molecule has 1 saturated heterocycles. The maximum atomic E-state index is 13.3. The predicted octanol–water partition coefficient (Wildman–Crippen LogP) is 2.05. The van der Waals surface area contributed by atoms with Crippen LogP contribution in [0.25, 0.3) is 5.57 Å². The number of nitrogens with one attached hydrogen (secondary N) is 3. The molecule has 0 radical (unpaired) electrons. The van der Waals surface area contributed by atoms with Crippen LogP contribution in [-0.2, 0) is 22.4 Å². The topological polar surface area (TPSA) is 96.2 Å². The molecule has 5 N–H and O–H groups in total. The van der Waals surface area contributed by atoms with Gasteiger partial charge in [0.2, 0.25) is 5.91 Å². The molecule has 1 aliphatic carbocycles. The summed E-state index contributed by atoms with van der Waals surface area (Å²) in [7, 11) is 0. The van der Waals surface area contributed by atoms with Crippen molar-refractivity contribution in [3.8, 4) is 0 Å². The highest BCUT2D eigenvalue weighted by Crippen LogP contribution is 2.24. The number of hydrogen-bond acceptors (Lipinski definition) is 4. The van der Waals surface area contributed by atoms with Gasteiger partial charge in [0.15, 0.2) is 0 Å². The van der Waals surface area contributed by atoms with Crippen molar-refractivity contribution >= 4 is 23.1 Å². The molecule has 1 aliphatic heterocycles. The summed E-state index contributed by atoms with van der Waals surface area (Å²) in [5, 5.41) is 9.49. The van der Waals surface area contributed by atoms with Gasteiger partial charge in [-0.1, -0.05) is 49.0 Å². The molecule has 0 saturated carbocycles. The summed E-state index contributed by atoms with van der Waals surface area (Å²) in [6.07, 6.45) is 3.32. The Morgan fingerprint density at radius 2 is 1.61 bits per heavy atom. The molecule has 0 aromatic heterocycles. The van der Waals surface area contributed by atoms with E-state index in [1.807, 2.05) is 24.3 Å². The molecule has 0 bridgehead atoms. The van der Waals surface area contributed by atoms with E-state index in [0.29, 0.717) is 11.3 Å². The largest absolute Gasteiger partial charge is 0.398 e. The van der Waals surface area contributed by atoms with E-state index in [0.717, 1.165) is 38.8 Å². The number of hydrogen-bond donors (Lipinski definition) is 4. The van der Waals surface area contributed by atoms with Gasteiger partial charge in [-0.15, -0.1) is 0 Å². The third-order valence-electron chi connectivity index (χ3n) is 6.38. The number of para-hydroxylation sites is 1. The Morgan fingerprint density at radius 3 is 2.26 bits per heavy atom. The molecular formula is C25H30N4O2. The Labute approximate surface area is 183 Å². The number of carbonyl (C=O) groups excluding carboxylic acids is 2. The van der Waals surface area contributed by atoms with Crippen LogP contribution in [-0.4, -0.2) is 37.0 Å². The van der Waals surface area contributed by atoms with Crippen molar-refractivity contribution in [2.24, 2.45) is 5.92 Å². The van der Waals surface area contributed by atoms with Crippen LogP contribution in [0.1, 0.15) is 29.5 Å². The monoisotopic (exact) mass is 418 g/mol. The smallest absolute Gasteiger partial charge is 0.252 e. The second-order valence-electron chi connectivity index (χ2n) is 8.49. The van der Waals surface area contributed by atoms with Crippen LogP contribution in [0.15, 0.2) is 55.1 Å². The summed E-state index contributed by atoms with van der Waals surface area (Å²) < 4.78 is 0. The number of amides is 2. The first-order chi connectivity index (χ1) is 15.0. The molecule has 1 fully saturated rings. The number of anilines is 1. The van der Waals surface area contributed by atoms with Gasteiger partial charge < -0.3 is 21.7 Å². The normalized spacial score (nSPS) is 17.5. The second-order valence-corrected chi connectivity index (χ2v) is 8.49. The molecule has 2 aromatic rings. The summed E-state index contributed by atoms with van der Waals surface area (Å²) in [5.74, 6) is -0.395. The minimum atomic E-state index is -0.597. The Bertz CT molecular complexity index is 956. The van der Waals surface area contributed by atoms with E-state index < -0.39 is 6.04 Å². The maximum Gasteiger partial charge on any atom is 0.252 e. The van der Waals surface area contributed by atoms with E-state index in [-0.39, 0.29) is 29.3 Å². The number of nitrogen functional groups attached to an aromatic ring is 1. The zero-order chi connectivity index (χ0) is 21.8. The fourth-order valence-corrected chi connectivity index (χ4v) is 4.65. The van der Waals surface area contributed by atoms with E-state index in [1.54, 1.807) is 12.1 Å². The summed E-state index contributed by atoms with van der Waals surface area (Å²) in [6, 6.07) is 14.9. The van der Waals surface area contributed by atoms with Crippen LogP contribution < -0.4 is 21.7 Å². The van der Waals surface area contributed by atoms with Gasteiger partial charge >= 0.3 is 0 Å². The van der Waals surface area contributed by atoms with Crippen molar-refractivity contribution < 1.29 is 9.59 Å². The van der Waals surface area contributed by atoms with E-state index in [1.165, 1.54) is 11.1 Å². The zero-order valence-corrected chi connectivity index (χ0v) is 17.7. The summed E-state index contributed by atoms with van der Waals surface area (Å²) >= 11 is 0. The van der Waals surface area contributed by atoms with Crippen LogP contribution in [0.2, 0.25) is 0 Å². The first-order valence-electron chi connectivity index (χ1n) is 11.0. The van der Waals surface area contributed by atoms with Crippen molar-refractivity contribution in [1.29, 1.82) is 0 Å². The Kier molecular flexibility index (Phi) is 6.37. The molecule has 1 unspecified atom stereocenters. The predicted molar refractivity (Wildman–Crippen MR) is 123 cm³/mol. The fourth-order valence-electron chi connectivity index (χ4n) is 4.65. The average molecular weight is 419 g/mol. The van der Waals surface area contributed by atoms with E-state index in [2.05, 4.69) is 34.7 Å². The Morgan fingerprint density at radius 1 is 1.00 bits per heavy atom. The van der Waals surface area contributed by atoms with Crippen molar-refractivity contribution in [2.45, 2.75) is 37.8 Å². The molecular weight excluding hydrogens is 388 g/mol. The molecule has 2 amide bonds. The number of rotatable bonds is 6. The van der Waals surface area contributed by atoms with Gasteiger partial charge in [-0.25, -0.2) is 0 Å². The lowest BCUT2D eigenvalue weighted by Gasteiger charge is -2.31. The SMILES string of the molecule is C=C(C(=O)NC(C(=O)NC1Cc2ccccc2C1)C1CCNCC1)c1ccccc1N. The highest BCUT2D eigenvalue weighted by molar-refractivity contribution is 6.20. The molecule has 6 nitrogen and oxygen atoms in total. The van der Waals surface area contributed by atoms with Crippen molar-refractivity contribution in [2.75, 3.05) is 18.8 Å². The second kappa shape index (κ2) is 9.35. The Balaban J connectivity index is 1.46. The quantitative estimate of drug-likeness (QED) is 0.426.